The number of nitrogens with zero attached hydrogens (tertiary/aromatic N) is 2. The molecule has 0 radical (unpaired) electrons. The van der Waals surface area contributed by atoms with E-state index in [2.05, 4.69) is 21.2 Å². The van der Waals surface area contributed by atoms with Gasteiger partial charge in [-0.25, -0.2) is 33.5 Å². The topological polar surface area (TPSA) is 105 Å². The molecule has 37 heavy (non-hydrogen) atoms. The SMILES string of the molecule is CCCNN(C)SONc1nccc(Cc2cc(C(N)=O)c(Nc3ccc(C)cc3F)c(F)c2F)c1F. The van der Waals surface area contributed by atoms with E-state index in [1.807, 2.05) is 6.92 Å². The van der Waals surface area contributed by atoms with Crippen LogP contribution in [0.2, 0.25) is 0 Å². The summed E-state index contributed by atoms with van der Waals surface area (Å²) in [5.41, 5.74) is 9.74. The van der Waals surface area contributed by atoms with Gasteiger partial charge in [0.25, 0.3) is 5.91 Å². The van der Waals surface area contributed by atoms with Gasteiger partial charge in [-0.2, -0.15) is 8.70 Å². The number of amides is 1. The molecule has 0 atom stereocenters. The highest BCUT2D eigenvalue weighted by Crippen LogP contribution is 2.31. The van der Waals surface area contributed by atoms with Crippen molar-refractivity contribution in [2.45, 2.75) is 26.7 Å². The molecule has 3 rings (SSSR count). The molecule has 0 aliphatic carbocycles. The summed E-state index contributed by atoms with van der Waals surface area (Å²) in [6.45, 7) is 4.35. The van der Waals surface area contributed by atoms with Crippen LogP contribution in [-0.2, 0) is 10.7 Å². The van der Waals surface area contributed by atoms with Crippen LogP contribution in [0.4, 0.5) is 34.8 Å². The van der Waals surface area contributed by atoms with Crippen molar-refractivity contribution in [2.75, 3.05) is 24.4 Å². The monoisotopic (exact) mass is 538 g/mol. The normalized spacial score (nSPS) is 11.1. The smallest absolute Gasteiger partial charge is 0.250 e. The minimum Gasteiger partial charge on any atom is -0.366 e. The number of nitrogens with two attached hydrogens (primary N) is 1. The zero-order valence-corrected chi connectivity index (χ0v) is 21.1. The van der Waals surface area contributed by atoms with Gasteiger partial charge in [0.1, 0.15) is 18.0 Å². The zero-order valence-electron chi connectivity index (χ0n) is 20.3. The number of hydrogen-bond acceptors (Lipinski definition) is 8. The van der Waals surface area contributed by atoms with Gasteiger partial charge in [-0.05, 0) is 54.3 Å². The van der Waals surface area contributed by atoms with Crippen LogP contribution in [0.25, 0.3) is 0 Å². The lowest BCUT2D eigenvalue weighted by Crippen LogP contribution is -2.29. The highest BCUT2D eigenvalue weighted by atomic mass is 32.2. The number of carbonyl (C=O) groups is 1. The Morgan fingerprint density at radius 3 is 2.54 bits per heavy atom. The van der Waals surface area contributed by atoms with Crippen molar-refractivity contribution in [1.29, 1.82) is 0 Å². The number of aryl methyl sites for hydroxylation is 1. The second-order valence-corrected chi connectivity index (χ2v) is 8.90. The second kappa shape index (κ2) is 12.7. The fourth-order valence-electron chi connectivity index (χ4n) is 3.29. The van der Waals surface area contributed by atoms with Gasteiger partial charge in [-0.15, -0.1) is 0 Å². The van der Waals surface area contributed by atoms with Gasteiger partial charge in [0.2, 0.25) is 0 Å². The maximum Gasteiger partial charge on any atom is 0.250 e. The van der Waals surface area contributed by atoms with Gasteiger partial charge in [0.05, 0.1) is 16.9 Å². The number of halogens is 4. The first-order chi connectivity index (χ1) is 17.6. The number of nitrogens with one attached hydrogen (secondary N) is 3. The predicted octanol–water partition coefficient (Wildman–Crippen LogP) is 5.13. The van der Waals surface area contributed by atoms with Crippen molar-refractivity contribution in [1.82, 2.24) is 14.8 Å². The van der Waals surface area contributed by atoms with Crippen molar-refractivity contribution in [3.8, 4) is 0 Å². The number of primary amides is 1. The third-order valence-corrected chi connectivity index (χ3v) is 5.66. The van der Waals surface area contributed by atoms with Crippen molar-refractivity contribution in [2.24, 2.45) is 5.73 Å². The first-order valence-corrected chi connectivity index (χ1v) is 11.9. The Bertz CT molecular complexity index is 1280. The maximum atomic E-state index is 15.1. The zero-order chi connectivity index (χ0) is 27.1. The van der Waals surface area contributed by atoms with Gasteiger partial charge in [0.15, 0.2) is 23.3 Å². The molecule has 5 N–H and O–H groups in total. The minimum atomic E-state index is -1.46. The number of aromatic nitrogens is 1. The summed E-state index contributed by atoms with van der Waals surface area (Å²) < 4.78 is 66.1. The van der Waals surface area contributed by atoms with E-state index in [1.165, 1.54) is 24.4 Å². The van der Waals surface area contributed by atoms with Gasteiger partial charge in [0, 0.05) is 26.2 Å². The highest BCUT2D eigenvalue weighted by molar-refractivity contribution is 7.92. The third-order valence-electron chi connectivity index (χ3n) is 5.15. The van der Waals surface area contributed by atoms with Crippen LogP contribution in [0, 0.1) is 30.2 Å². The molecule has 0 saturated heterocycles. The highest BCUT2D eigenvalue weighted by Gasteiger charge is 2.23. The Labute approximate surface area is 215 Å². The molecule has 0 bridgehead atoms. The van der Waals surface area contributed by atoms with Gasteiger partial charge in [-0.3, -0.25) is 4.79 Å². The molecular weight excluding hydrogens is 512 g/mol. The Morgan fingerprint density at radius 1 is 1.11 bits per heavy atom. The Kier molecular flexibility index (Phi) is 9.69. The molecule has 198 valence electrons. The molecule has 0 spiro atoms. The third kappa shape index (κ3) is 7.10. The molecule has 1 aromatic heterocycles. The molecule has 0 aliphatic rings. The first kappa shape index (κ1) is 28.2. The molecule has 0 saturated carbocycles. The molecule has 0 aliphatic heterocycles. The van der Waals surface area contributed by atoms with E-state index in [0.29, 0.717) is 12.1 Å². The van der Waals surface area contributed by atoms with E-state index in [1.54, 1.807) is 24.5 Å². The fraction of sp³-hybridized carbons (Fsp3) is 0.250. The molecule has 0 fully saturated rings. The number of rotatable bonds is 12. The molecule has 0 unspecified atom stereocenters. The quantitative estimate of drug-likeness (QED) is 0.109. The van der Waals surface area contributed by atoms with E-state index >= 15 is 13.2 Å². The first-order valence-electron chi connectivity index (χ1n) is 11.2. The average Bonchev–Trinajstić information content (AvgIpc) is 2.85. The molecule has 13 heteroatoms. The van der Waals surface area contributed by atoms with Crippen molar-refractivity contribution >= 4 is 35.3 Å². The lowest BCUT2D eigenvalue weighted by Gasteiger charge is -2.16. The summed E-state index contributed by atoms with van der Waals surface area (Å²) in [7, 11) is 1.70. The van der Waals surface area contributed by atoms with Crippen LogP contribution < -0.4 is 22.0 Å². The number of hydrazine groups is 1. The Morgan fingerprint density at radius 2 is 1.86 bits per heavy atom. The molecular formula is C24H26F4N6O2S. The van der Waals surface area contributed by atoms with E-state index in [0.717, 1.165) is 24.7 Å². The van der Waals surface area contributed by atoms with Crippen molar-refractivity contribution in [3.05, 3.63) is 82.1 Å². The fourth-order valence-corrected chi connectivity index (χ4v) is 3.66. The summed E-state index contributed by atoms with van der Waals surface area (Å²) in [6, 6.07) is 6.34. The average molecular weight is 539 g/mol. The van der Waals surface area contributed by atoms with Crippen LogP contribution in [-0.4, -0.2) is 28.9 Å². The Hall–Kier alpha value is -3.39. The van der Waals surface area contributed by atoms with Crippen molar-refractivity contribution < 1.29 is 26.6 Å². The lowest BCUT2D eigenvalue weighted by molar-refractivity contribution is 0.100. The van der Waals surface area contributed by atoms with Crippen LogP contribution in [0.5, 0.6) is 0 Å². The predicted molar refractivity (Wildman–Crippen MR) is 135 cm³/mol. The van der Waals surface area contributed by atoms with Gasteiger partial charge >= 0.3 is 0 Å². The summed E-state index contributed by atoms with van der Waals surface area (Å²) in [5, 5.41) is 2.40. The second-order valence-electron chi connectivity index (χ2n) is 8.03. The largest absolute Gasteiger partial charge is 0.366 e. The van der Waals surface area contributed by atoms with Crippen molar-refractivity contribution in [3.63, 3.8) is 0 Å². The summed E-state index contributed by atoms with van der Waals surface area (Å²) in [4.78, 5) is 15.9. The molecule has 2 aromatic carbocycles. The summed E-state index contributed by atoms with van der Waals surface area (Å²) >= 11 is 0.853. The Balaban J connectivity index is 1.85. The number of carbonyl (C=O) groups excluding carboxylic acids is 1. The number of hydrogen-bond donors (Lipinski definition) is 4. The minimum absolute atomic E-state index is 0.0532. The van der Waals surface area contributed by atoms with E-state index in [-0.39, 0.29) is 22.6 Å². The molecule has 8 nitrogen and oxygen atoms in total. The number of pyridine rings is 1. The summed E-state index contributed by atoms with van der Waals surface area (Å²) in [5.74, 6) is -5.76. The summed E-state index contributed by atoms with van der Waals surface area (Å²) in [6.07, 6.45) is 1.72. The molecule has 1 amide bonds. The van der Waals surface area contributed by atoms with Gasteiger partial charge in [-0.1, -0.05) is 13.0 Å². The number of anilines is 3. The van der Waals surface area contributed by atoms with Crippen LogP contribution in [0.1, 0.15) is 40.4 Å². The van der Waals surface area contributed by atoms with Crippen LogP contribution >= 0.6 is 12.2 Å². The van der Waals surface area contributed by atoms with Gasteiger partial charge < -0.3 is 11.1 Å². The molecule has 3 aromatic rings. The lowest BCUT2D eigenvalue weighted by atomic mass is 10.00. The van der Waals surface area contributed by atoms with E-state index < -0.39 is 46.8 Å². The molecule has 1 heterocycles. The maximum absolute atomic E-state index is 15.1. The standard InChI is InChI=1S/C24H26F4N6O2S/c1-4-8-31-34(3)37-36-33-24-20(27)14(7-9-30-24)11-15-12-16(23(29)35)22(21(28)19(15)26)32-18-6-5-13(2)10-17(18)25/h5-7,9-10,12,31-32H,4,8,11H2,1-3H3,(H2,29,35)(H,30,33). The number of benzene rings is 2. The van der Waals surface area contributed by atoms with E-state index in [4.69, 9.17) is 10.0 Å². The van der Waals surface area contributed by atoms with E-state index in [9.17, 15) is 9.18 Å². The van der Waals surface area contributed by atoms with Crippen LogP contribution in [0.15, 0.2) is 36.5 Å². The van der Waals surface area contributed by atoms with Crippen LogP contribution in [0.3, 0.4) is 0 Å².